The fraction of sp³-hybridized carbons (Fsp3) is 0.333. The number of morpholine rings is 1. The lowest BCUT2D eigenvalue weighted by molar-refractivity contribution is 0.0316. The fourth-order valence-electron chi connectivity index (χ4n) is 4.46. The van der Waals surface area contributed by atoms with Crippen molar-refractivity contribution in [1.82, 2.24) is 20.0 Å². The minimum atomic E-state index is -0.289. The van der Waals surface area contributed by atoms with E-state index in [0.717, 1.165) is 55.2 Å². The highest BCUT2D eigenvalue weighted by Gasteiger charge is 2.42. The van der Waals surface area contributed by atoms with Crippen molar-refractivity contribution in [1.29, 1.82) is 0 Å². The number of carbonyl (C=O) groups excluding carboxylic acids is 1. The van der Waals surface area contributed by atoms with Crippen molar-refractivity contribution >= 4 is 29.1 Å². The van der Waals surface area contributed by atoms with Crippen molar-refractivity contribution in [3.05, 3.63) is 74.9 Å². The maximum atomic E-state index is 13.5. The van der Waals surface area contributed by atoms with Gasteiger partial charge in [-0.3, -0.25) is 14.8 Å². The SMILES string of the molecule is Cc1ccc(-c2n[nH]c3c2C(c2ccc(Cl)c(Cl)c2)N(CCN2CCOCC2)C3=O)cc1. The monoisotopic (exact) mass is 470 g/mol. The van der Waals surface area contributed by atoms with Gasteiger partial charge in [-0.1, -0.05) is 59.1 Å². The summed E-state index contributed by atoms with van der Waals surface area (Å²) in [5, 5.41) is 8.50. The summed E-state index contributed by atoms with van der Waals surface area (Å²) in [4.78, 5) is 17.7. The number of aromatic nitrogens is 2. The smallest absolute Gasteiger partial charge is 0.273 e. The van der Waals surface area contributed by atoms with Crippen LogP contribution < -0.4 is 0 Å². The summed E-state index contributed by atoms with van der Waals surface area (Å²) in [6, 6.07) is 13.5. The zero-order valence-electron chi connectivity index (χ0n) is 17.8. The number of aromatic amines is 1. The van der Waals surface area contributed by atoms with Gasteiger partial charge in [-0.05, 0) is 24.6 Å². The number of ether oxygens (including phenoxy) is 1. The van der Waals surface area contributed by atoms with Crippen molar-refractivity contribution in [2.45, 2.75) is 13.0 Å². The van der Waals surface area contributed by atoms with Crippen LogP contribution in [0.15, 0.2) is 42.5 Å². The second-order valence-corrected chi connectivity index (χ2v) is 9.07. The molecule has 2 aliphatic heterocycles. The molecule has 166 valence electrons. The van der Waals surface area contributed by atoms with E-state index >= 15 is 0 Å². The number of hydrogen-bond acceptors (Lipinski definition) is 4. The minimum Gasteiger partial charge on any atom is -0.379 e. The summed E-state index contributed by atoms with van der Waals surface area (Å²) in [7, 11) is 0. The molecule has 0 spiro atoms. The molecule has 0 radical (unpaired) electrons. The van der Waals surface area contributed by atoms with Gasteiger partial charge in [0.1, 0.15) is 5.69 Å². The van der Waals surface area contributed by atoms with Gasteiger partial charge in [0, 0.05) is 37.3 Å². The molecule has 1 amide bonds. The van der Waals surface area contributed by atoms with E-state index in [0.29, 0.717) is 22.3 Å². The normalized spacial score (nSPS) is 18.9. The third-order valence-corrected chi connectivity index (χ3v) is 6.95. The molecular weight excluding hydrogens is 447 g/mol. The van der Waals surface area contributed by atoms with Crippen LogP contribution in [0.2, 0.25) is 10.0 Å². The second-order valence-electron chi connectivity index (χ2n) is 8.26. The van der Waals surface area contributed by atoms with Gasteiger partial charge in [0.15, 0.2) is 0 Å². The van der Waals surface area contributed by atoms with Gasteiger partial charge in [0.25, 0.3) is 5.91 Å². The fourth-order valence-corrected chi connectivity index (χ4v) is 4.77. The van der Waals surface area contributed by atoms with E-state index in [2.05, 4.69) is 27.2 Å². The summed E-state index contributed by atoms with van der Waals surface area (Å²) in [6.07, 6.45) is 0. The van der Waals surface area contributed by atoms with Crippen molar-refractivity contribution in [2.75, 3.05) is 39.4 Å². The van der Waals surface area contributed by atoms with Gasteiger partial charge in [-0.2, -0.15) is 5.10 Å². The Balaban J connectivity index is 1.55. The number of fused-ring (bicyclic) bond motifs is 1. The van der Waals surface area contributed by atoms with Gasteiger partial charge in [-0.25, -0.2) is 0 Å². The lowest BCUT2D eigenvalue weighted by Crippen LogP contribution is -2.42. The summed E-state index contributed by atoms with van der Waals surface area (Å²) in [5.41, 5.74) is 5.28. The molecule has 1 aromatic heterocycles. The molecule has 6 nitrogen and oxygen atoms in total. The molecule has 8 heteroatoms. The first-order valence-corrected chi connectivity index (χ1v) is 11.5. The lowest BCUT2D eigenvalue weighted by Gasteiger charge is -2.31. The first kappa shape index (κ1) is 21.5. The zero-order chi connectivity index (χ0) is 22.2. The van der Waals surface area contributed by atoms with E-state index in [-0.39, 0.29) is 11.9 Å². The Morgan fingerprint density at radius 3 is 2.53 bits per heavy atom. The van der Waals surface area contributed by atoms with Crippen LogP contribution in [-0.2, 0) is 4.74 Å². The van der Waals surface area contributed by atoms with Crippen molar-refractivity contribution in [2.24, 2.45) is 0 Å². The molecule has 1 saturated heterocycles. The molecule has 32 heavy (non-hydrogen) atoms. The van der Waals surface area contributed by atoms with E-state index in [1.807, 2.05) is 36.1 Å². The summed E-state index contributed by atoms with van der Waals surface area (Å²) < 4.78 is 5.46. The minimum absolute atomic E-state index is 0.0461. The number of nitrogens with one attached hydrogen (secondary N) is 1. The van der Waals surface area contributed by atoms with Gasteiger partial charge < -0.3 is 9.64 Å². The molecule has 1 atom stereocenters. The number of nitrogens with zero attached hydrogens (tertiary/aromatic N) is 3. The average Bonchev–Trinajstić information content (AvgIpc) is 3.34. The van der Waals surface area contributed by atoms with Crippen molar-refractivity contribution in [3.63, 3.8) is 0 Å². The molecule has 0 aliphatic carbocycles. The van der Waals surface area contributed by atoms with E-state index in [4.69, 9.17) is 27.9 Å². The highest BCUT2D eigenvalue weighted by Crippen LogP contribution is 2.43. The summed E-state index contributed by atoms with van der Waals surface area (Å²) in [5.74, 6) is -0.0461. The number of halogens is 2. The number of rotatable bonds is 5. The largest absolute Gasteiger partial charge is 0.379 e. The maximum absolute atomic E-state index is 13.5. The number of H-pyrrole nitrogens is 1. The van der Waals surface area contributed by atoms with Crippen LogP contribution >= 0.6 is 23.2 Å². The van der Waals surface area contributed by atoms with Crippen LogP contribution in [0.3, 0.4) is 0 Å². The third kappa shape index (κ3) is 3.92. The third-order valence-electron chi connectivity index (χ3n) is 6.21. The van der Waals surface area contributed by atoms with Crippen LogP contribution in [0, 0.1) is 6.92 Å². The van der Waals surface area contributed by atoms with E-state index in [9.17, 15) is 4.79 Å². The van der Waals surface area contributed by atoms with E-state index in [1.165, 1.54) is 5.56 Å². The number of hydrogen-bond donors (Lipinski definition) is 1. The maximum Gasteiger partial charge on any atom is 0.273 e. The molecule has 3 heterocycles. The van der Waals surface area contributed by atoms with Gasteiger partial charge >= 0.3 is 0 Å². The van der Waals surface area contributed by atoms with Gasteiger partial charge in [0.2, 0.25) is 0 Å². The molecule has 0 bridgehead atoms. The van der Waals surface area contributed by atoms with Crippen LogP contribution in [-0.4, -0.2) is 65.3 Å². The second kappa shape index (κ2) is 8.87. The molecule has 2 aromatic carbocycles. The van der Waals surface area contributed by atoms with E-state index < -0.39 is 0 Å². The Morgan fingerprint density at radius 1 is 1.06 bits per heavy atom. The molecule has 3 aromatic rings. The molecule has 2 aliphatic rings. The Morgan fingerprint density at radius 2 is 1.81 bits per heavy atom. The Hall–Kier alpha value is -2.38. The predicted octanol–water partition coefficient (Wildman–Crippen LogP) is 4.57. The quantitative estimate of drug-likeness (QED) is 0.593. The predicted molar refractivity (Wildman–Crippen MR) is 125 cm³/mol. The van der Waals surface area contributed by atoms with Crippen LogP contribution in [0.1, 0.15) is 33.2 Å². The van der Waals surface area contributed by atoms with E-state index in [1.54, 1.807) is 6.07 Å². The van der Waals surface area contributed by atoms with Crippen LogP contribution in [0.25, 0.3) is 11.3 Å². The van der Waals surface area contributed by atoms with Crippen LogP contribution in [0.4, 0.5) is 0 Å². The lowest BCUT2D eigenvalue weighted by atomic mass is 9.96. The highest BCUT2D eigenvalue weighted by atomic mass is 35.5. The molecule has 5 rings (SSSR count). The highest BCUT2D eigenvalue weighted by molar-refractivity contribution is 6.42. The molecule has 1 N–H and O–H groups in total. The first-order chi connectivity index (χ1) is 15.5. The average molecular weight is 471 g/mol. The summed E-state index contributed by atoms with van der Waals surface area (Å²) >= 11 is 12.6. The number of carbonyl (C=O) groups is 1. The number of benzene rings is 2. The topological polar surface area (TPSA) is 61.5 Å². The van der Waals surface area contributed by atoms with Crippen LogP contribution in [0.5, 0.6) is 0 Å². The zero-order valence-corrected chi connectivity index (χ0v) is 19.3. The molecule has 1 fully saturated rings. The van der Waals surface area contributed by atoms with Gasteiger partial charge in [0.05, 0.1) is 35.0 Å². The molecule has 1 unspecified atom stereocenters. The molecule has 0 saturated carbocycles. The first-order valence-electron chi connectivity index (χ1n) is 10.7. The Labute approximate surface area is 197 Å². The standard InChI is InChI=1S/C24H24Cl2N4O2/c1-15-2-4-16(5-3-15)21-20-22(28-27-21)24(31)30(9-8-29-10-12-32-13-11-29)23(20)17-6-7-18(25)19(26)14-17/h2-7,14,23H,8-13H2,1H3,(H,27,28). The van der Waals surface area contributed by atoms with Crippen molar-refractivity contribution in [3.8, 4) is 11.3 Å². The number of amides is 1. The van der Waals surface area contributed by atoms with Gasteiger partial charge in [-0.15, -0.1) is 0 Å². The Kier molecular flexibility index (Phi) is 5.95. The van der Waals surface area contributed by atoms with Crippen molar-refractivity contribution < 1.29 is 9.53 Å². The number of aryl methyl sites for hydroxylation is 1. The Bertz CT molecular complexity index is 1140. The summed E-state index contributed by atoms with van der Waals surface area (Å²) in [6.45, 7) is 6.63. The molecular formula is C24H24Cl2N4O2.